The van der Waals surface area contributed by atoms with Crippen LogP contribution in [0.1, 0.15) is 6.92 Å². The van der Waals surface area contributed by atoms with Gasteiger partial charge < -0.3 is 0 Å². The average molecular weight is 233 g/mol. The molecule has 0 aliphatic carbocycles. The molecule has 0 radical (unpaired) electrons. The van der Waals surface area contributed by atoms with Crippen molar-refractivity contribution in [2.45, 2.75) is 6.92 Å². The summed E-state index contributed by atoms with van der Waals surface area (Å²) in [7, 11) is 0. The lowest BCUT2D eigenvalue weighted by molar-refractivity contribution is -0.212. The maximum absolute atomic E-state index is 10.3. The van der Waals surface area contributed by atoms with Gasteiger partial charge in [0, 0.05) is 6.92 Å². The van der Waals surface area contributed by atoms with E-state index >= 15 is 0 Å². The zero-order valence-corrected chi connectivity index (χ0v) is 7.74. The zero-order valence-electron chi connectivity index (χ0n) is 6.15. The predicted molar refractivity (Wildman–Crippen MR) is 42.1 cm³/mol. The molecule has 0 amide bonds. The number of carbonyl (C=O) groups excluding carboxylic acids is 1. The molecule has 0 spiro atoms. The second kappa shape index (κ2) is 4.01. The summed E-state index contributed by atoms with van der Waals surface area (Å²) in [5.41, 5.74) is 0. The maximum Gasteiger partial charge on any atom is 0.352 e. The Morgan fingerprint density at radius 3 is 2.75 bits per heavy atom. The van der Waals surface area contributed by atoms with Gasteiger partial charge in [-0.1, -0.05) is 0 Å². The molecule has 1 aromatic heterocycles. The van der Waals surface area contributed by atoms with Crippen molar-refractivity contribution in [2.75, 3.05) is 0 Å². The minimum absolute atomic E-state index is 0.133. The van der Waals surface area contributed by atoms with Crippen molar-refractivity contribution in [1.29, 1.82) is 0 Å². The maximum atomic E-state index is 10.3. The van der Waals surface area contributed by atoms with Crippen LogP contribution in [0.25, 0.3) is 0 Å². The van der Waals surface area contributed by atoms with Gasteiger partial charge in [0.05, 0.1) is 12.4 Å². The van der Waals surface area contributed by atoms with Gasteiger partial charge in [0.1, 0.15) is 4.60 Å². The Kier molecular flexibility index (Phi) is 2.98. The van der Waals surface area contributed by atoms with E-state index in [4.69, 9.17) is 0 Å². The van der Waals surface area contributed by atoms with Crippen molar-refractivity contribution in [2.24, 2.45) is 0 Å². The van der Waals surface area contributed by atoms with Gasteiger partial charge in [-0.05, 0) is 15.9 Å². The molecule has 6 heteroatoms. The molecular formula is C6H5BrN2O3. The number of aromatic nitrogens is 2. The third kappa shape index (κ3) is 2.83. The summed E-state index contributed by atoms with van der Waals surface area (Å²) in [5.74, 6) is -0.409. The summed E-state index contributed by atoms with van der Waals surface area (Å²) in [4.78, 5) is 26.5. The SMILES string of the molecule is CC(=O)OOc1cnc(Br)cn1. The highest BCUT2D eigenvalue weighted by Gasteiger charge is 1.99. The van der Waals surface area contributed by atoms with E-state index in [1.54, 1.807) is 0 Å². The van der Waals surface area contributed by atoms with E-state index in [1.165, 1.54) is 19.3 Å². The largest absolute Gasteiger partial charge is 0.352 e. The van der Waals surface area contributed by atoms with Crippen LogP contribution in [0.3, 0.4) is 0 Å². The molecule has 0 atom stereocenters. The van der Waals surface area contributed by atoms with Crippen LogP contribution >= 0.6 is 15.9 Å². The fourth-order valence-corrected chi connectivity index (χ4v) is 0.650. The van der Waals surface area contributed by atoms with Crippen LogP contribution < -0.4 is 4.89 Å². The molecule has 0 aliphatic rings. The molecule has 0 saturated carbocycles. The van der Waals surface area contributed by atoms with E-state index in [0.29, 0.717) is 4.60 Å². The van der Waals surface area contributed by atoms with Crippen molar-refractivity contribution < 1.29 is 14.6 Å². The van der Waals surface area contributed by atoms with Crippen LogP contribution in [-0.4, -0.2) is 15.9 Å². The van der Waals surface area contributed by atoms with Gasteiger partial charge in [-0.3, -0.25) is 4.89 Å². The molecule has 0 fully saturated rings. The fourth-order valence-electron chi connectivity index (χ4n) is 0.445. The predicted octanol–water partition coefficient (Wildman–Crippen LogP) is 1.10. The normalized spacial score (nSPS) is 9.17. The first-order chi connectivity index (χ1) is 5.68. The quantitative estimate of drug-likeness (QED) is 0.565. The molecule has 0 saturated heterocycles. The topological polar surface area (TPSA) is 61.3 Å². The number of hydrogen-bond donors (Lipinski definition) is 0. The van der Waals surface area contributed by atoms with Crippen LogP contribution in [0.5, 0.6) is 5.88 Å². The first-order valence-electron chi connectivity index (χ1n) is 3.01. The number of nitrogens with zero attached hydrogens (tertiary/aromatic N) is 2. The number of halogens is 1. The minimum Gasteiger partial charge on any atom is -0.264 e. The number of carbonyl (C=O) groups is 1. The van der Waals surface area contributed by atoms with Gasteiger partial charge in [0.2, 0.25) is 0 Å². The van der Waals surface area contributed by atoms with E-state index in [1.807, 2.05) is 0 Å². The molecule has 64 valence electrons. The van der Waals surface area contributed by atoms with Gasteiger partial charge >= 0.3 is 5.97 Å². The van der Waals surface area contributed by atoms with Crippen molar-refractivity contribution in [3.05, 3.63) is 17.0 Å². The Labute approximate surface area is 76.8 Å². The Hall–Kier alpha value is -1.17. The second-order valence-electron chi connectivity index (χ2n) is 1.84. The first kappa shape index (κ1) is 8.92. The van der Waals surface area contributed by atoms with Crippen LogP contribution in [0.15, 0.2) is 17.0 Å². The molecule has 0 N–H and O–H groups in total. The van der Waals surface area contributed by atoms with Crippen LogP contribution in [0, 0.1) is 0 Å². The summed E-state index contributed by atoms with van der Waals surface area (Å²) < 4.78 is 0.581. The monoisotopic (exact) mass is 232 g/mol. The molecule has 1 rings (SSSR count). The van der Waals surface area contributed by atoms with Gasteiger partial charge in [0.25, 0.3) is 5.88 Å². The molecule has 0 bridgehead atoms. The lowest BCUT2D eigenvalue weighted by Crippen LogP contribution is -2.04. The highest BCUT2D eigenvalue weighted by molar-refractivity contribution is 9.10. The molecule has 1 aromatic rings. The van der Waals surface area contributed by atoms with E-state index in [0.717, 1.165) is 0 Å². The lowest BCUT2D eigenvalue weighted by atomic mass is 10.7. The summed E-state index contributed by atoms with van der Waals surface area (Å²) >= 11 is 3.09. The van der Waals surface area contributed by atoms with Crippen LogP contribution in [0.2, 0.25) is 0 Å². The Balaban J connectivity index is 2.53. The van der Waals surface area contributed by atoms with Crippen LogP contribution in [-0.2, 0) is 9.68 Å². The number of hydrogen-bond acceptors (Lipinski definition) is 5. The van der Waals surface area contributed by atoms with Crippen molar-refractivity contribution >= 4 is 21.9 Å². The molecule has 1 heterocycles. The van der Waals surface area contributed by atoms with Crippen molar-refractivity contribution in [3.8, 4) is 5.88 Å². The third-order valence-corrected chi connectivity index (χ3v) is 1.25. The molecular weight excluding hydrogens is 228 g/mol. The zero-order chi connectivity index (χ0) is 8.97. The van der Waals surface area contributed by atoms with E-state index < -0.39 is 5.97 Å². The van der Waals surface area contributed by atoms with Crippen LogP contribution in [0.4, 0.5) is 0 Å². The second-order valence-corrected chi connectivity index (χ2v) is 2.65. The lowest BCUT2D eigenvalue weighted by Gasteiger charge is -1.99. The molecule has 0 aromatic carbocycles. The molecule has 12 heavy (non-hydrogen) atoms. The van der Waals surface area contributed by atoms with Gasteiger partial charge in [-0.15, -0.1) is 0 Å². The Morgan fingerprint density at radius 1 is 1.50 bits per heavy atom. The van der Waals surface area contributed by atoms with Gasteiger partial charge in [-0.25, -0.2) is 19.7 Å². The Bertz CT molecular complexity index is 275. The fraction of sp³-hybridized carbons (Fsp3) is 0.167. The highest BCUT2D eigenvalue weighted by atomic mass is 79.9. The Morgan fingerprint density at radius 2 is 2.25 bits per heavy atom. The van der Waals surface area contributed by atoms with Gasteiger partial charge in [-0.2, -0.15) is 0 Å². The number of rotatable bonds is 2. The first-order valence-corrected chi connectivity index (χ1v) is 3.80. The standard InChI is InChI=1S/C6H5BrN2O3/c1-4(10)11-12-6-3-8-5(7)2-9-6/h2-3H,1H3. The summed E-state index contributed by atoms with van der Waals surface area (Å²) in [6, 6.07) is 0. The van der Waals surface area contributed by atoms with Crippen molar-refractivity contribution in [1.82, 2.24) is 9.97 Å². The van der Waals surface area contributed by atoms with Crippen molar-refractivity contribution in [3.63, 3.8) is 0 Å². The molecule has 5 nitrogen and oxygen atoms in total. The smallest absolute Gasteiger partial charge is 0.264 e. The summed E-state index contributed by atoms with van der Waals surface area (Å²) in [6.07, 6.45) is 2.76. The van der Waals surface area contributed by atoms with E-state index in [-0.39, 0.29) is 5.88 Å². The summed E-state index contributed by atoms with van der Waals surface area (Å²) in [5, 5.41) is 0. The summed E-state index contributed by atoms with van der Waals surface area (Å²) in [6.45, 7) is 1.23. The third-order valence-electron chi connectivity index (χ3n) is 0.841. The minimum atomic E-state index is -0.542. The molecule has 0 unspecified atom stereocenters. The average Bonchev–Trinajstić information content (AvgIpc) is 2.03. The van der Waals surface area contributed by atoms with E-state index in [2.05, 4.69) is 35.7 Å². The molecule has 0 aliphatic heterocycles. The highest BCUT2D eigenvalue weighted by Crippen LogP contribution is 2.08. The van der Waals surface area contributed by atoms with E-state index in [9.17, 15) is 4.79 Å². The van der Waals surface area contributed by atoms with Gasteiger partial charge in [0.15, 0.2) is 0 Å².